The first-order valence-corrected chi connectivity index (χ1v) is 13.2. The van der Waals surface area contributed by atoms with Gasteiger partial charge in [0.2, 0.25) is 17.6 Å². The van der Waals surface area contributed by atoms with Crippen molar-refractivity contribution >= 4 is 11.8 Å². The molecule has 0 saturated carbocycles. The number of halogens is 1. The number of tetrazole rings is 1. The maximum absolute atomic E-state index is 13.8. The van der Waals surface area contributed by atoms with Gasteiger partial charge in [0.05, 0.1) is 20.3 Å². The monoisotopic (exact) mass is 553 g/mol. The average Bonchev–Trinajstić information content (AvgIpc) is 3.39. The van der Waals surface area contributed by atoms with Gasteiger partial charge in [0.25, 0.3) is 0 Å². The van der Waals surface area contributed by atoms with E-state index in [1.807, 2.05) is 20.8 Å². The van der Waals surface area contributed by atoms with Crippen molar-refractivity contribution < 1.29 is 23.5 Å². The number of amides is 2. The molecule has 1 atom stereocenters. The smallest absolute Gasteiger partial charge is 0.247 e. The van der Waals surface area contributed by atoms with Crippen molar-refractivity contribution in [1.82, 2.24) is 35.3 Å². The first-order chi connectivity index (χ1) is 19.1. The van der Waals surface area contributed by atoms with Crippen LogP contribution in [0.2, 0.25) is 0 Å². The highest BCUT2D eigenvalue weighted by atomic mass is 19.1. The molecule has 214 valence electrons. The van der Waals surface area contributed by atoms with E-state index in [1.165, 1.54) is 34.0 Å². The minimum atomic E-state index is -0.988. The fourth-order valence-electron chi connectivity index (χ4n) is 4.41. The van der Waals surface area contributed by atoms with E-state index in [0.717, 1.165) is 18.7 Å². The Balaban J connectivity index is 1.61. The summed E-state index contributed by atoms with van der Waals surface area (Å²) < 4.78 is 24.5. The van der Waals surface area contributed by atoms with Gasteiger partial charge in [0.1, 0.15) is 24.2 Å². The zero-order valence-corrected chi connectivity index (χ0v) is 23.3. The van der Waals surface area contributed by atoms with Crippen molar-refractivity contribution in [3.05, 3.63) is 59.9 Å². The third-order valence-electron chi connectivity index (χ3n) is 6.40. The summed E-state index contributed by atoms with van der Waals surface area (Å²) in [6.45, 7) is 8.85. The molecule has 11 nitrogen and oxygen atoms in total. The van der Waals surface area contributed by atoms with Crippen LogP contribution in [0.15, 0.2) is 48.5 Å². The van der Waals surface area contributed by atoms with E-state index in [9.17, 15) is 14.0 Å². The number of nitrogens with one attached hydrogen (secondary N) is 1. The topological polar surface area (TPSA) is 115 Å². The van der Waals surface area contributed by atoms with Crippen LogP contribution in [0.1, 0.15) is 32.4 Å². The molecule has 0 radical (unpaired) electrons. The SMILES string of the molecule is COc1ccc(-c2nnn(CC(=O)N(CCN3CCOCC3)[C@H](C(=O)NC(C)(C)C)c3ccc(F)cc3)n2)cc1. The number of methoxy groups -OCH3 is 1. The summed E-state index contributed by atoms with van der Waals surface area (Å²) >= 11 is 0. The number of aromatic nitrogens is 4. The van der Waals surface area contributed by atoms with Crippen LogP contribution in [-0.2, 0) is 20.9 Å². The van der Waals surface area contributed by atoms with Gasteiger partial charge in [-0.3, -0.25) is 14.5 Å². The first kappa shape index (κ1) is 29.1. The van der Waals surface area contributed by atoms with Gasteiger partial charge >= 0.3 is 0 Å². The minimum absolute atomic E-state index is 0.229. The molecule has 1 N–H and O–H groups in total. The third kappa shape index (κ3) is 7.82. The maximum Gasteiger partial charge on any atom is 0.247 e. The average molecular weight is 554 g/mol. The second-order valence-corrected chi connectivity index (χ2v) is 10.6. The summed E-state index contributed by atoms with van der Waals surface area (Å²) in [6.07, 6.45) is 0. The van der Waals surface area contributed by atoms with Crippen LogP contribution in [0.4, 0.5) is 4.39 Å². The molecule has 1 aromatic heterocycles. The molecule has 1 saturated heterocycles. The van der Waals surface area contributed by atoms with Crippen LogP contribution in [0.3, 0.4) is 0 Å². The summed E-state index contributed by atoms with van der Waals surface area (Å²) in [5.74, 6) is -0.105. The van der Waals surface area contributed by atoms with Crippen molar-refractivity contribution in [2.24, 2.45) is 0 Å². The molecule has 3 aromatic rings. The number of nitrogens with zero attached hydrogens (tertiary/aromatic N) is 6. The van der Waals surface area contributed by atoms with Gasteiger partial charge in [0, 0.05) is 37.3 Å². The number of carbonyl (C=O) groups is 2. The Bertz CT molecular complexity index is 1270. The van der Waals surface area contributed by atoms with Gasteiger partial charge in [-0.25, -0.2) is 4.39 Å². The van der Waals surface area contributed by atoms with Gasteiger partial charge < -0.3 is 19.7 Å². The van der Waals surface area contributed by atoms with Gasteiger partial charge in [0.15, 0.2) is 0 Å². The van der Waals surface area contributed by atoms with Crippen LogP contribution in [0.25, 0.3) is 11.4 Å². The lowest BCUT2D eigenvalue weighted by molar-refractivity contribution is -0.142. The highest BCUT2D eigenvalue weighted by Crippen LogP contribution is 2.24. The number of ether oxygens (including phenoxy) is 2. The fourth-order valence-corrected chi connectivity index (χ4v) is 4.41. The Morgan fingerprint density at radius 2 is 1.77 bits per heavy atom. The van der Waals surface area contributed by atoms with Crippen molar-refractivity contribution in [3.63, 3.8) is 0 Å². The standard InChI is InChI=1S/C28H36FN7O4/c1-28(2,3)30-27(38)25(20-5-9-22(29)10-6-20)35(14-13-34-15-17-40-18-16-34)24(37)19-36-32-26(31-33-36)21-7-11-23(39-4)12-8-21/h5-12,25H,13-19H2,1-4H3,(H,30,38)/t25-/m0/s1. The van der Waals surface area contributed by atoms with Crippen molar-refractivity contribution in [3.8, 4) is 17.1 Å². The molecule has 2 heterocycles. The molecule has 1 aliphatic rings. The minimum Gasteiger partial charge on any atom is -0.497 e. The fraction of sp³-hybridized carbons (Fsp3) is 0.464. The normalized spacial score (nSPS) is 14.9. The number of hydrogen-bond acceptors (Lipinski definition) is 8. The molecule has 2 amide bonds. The molecule has 40 heavy (non-hydrogen) atoms. The summed E-state index contributed by atoms with van der Waals surface area (Å²) in [4.78, 5) is 32.4. The van der Waals surface area contributed by atoms with E-state index in [2.05, 4.69) is 25.6 Å². The van der Waals surface area contributed by atoms with Crippen LogP contribution < -0.4 is 10.1 Å². The van der Waals surface area contributed by atoms with Gasteiger partial charge in [-0.05, 0) is 67.9 Å². The Morgan fingerprint density at radius 3 is 2.40 bits per heavy atom. The van der Waals surface area contributed by atoms with Crippen molar-refractivity contribution in [2.75, 3.05) is 46.5 Å². The van der Waals surface area contributed by atoms with E-state index in [4.69, 9.17) is 9.47 Å². The molecule has 1 aliphatic heterocycles. The predicted octanol–water partition coefficient (Wildman–Crippen LogP) is 2.30. The molecule has 0 unspecified atom stereocenters. The molecule has 12 heteroatoms. The maximum atomic E-state index is 13.8. The van der Waals surface area contributed by atoms with Crippen LogP contribution >= 0.6 is 0 Å². The highest BCUT2D eigenvalue weighted by molar-refractivity contribution is 5.89. The van der Waals surface area contributed by atoms with E-state index < -0.39 is 17.4 Å². The lowest BCUT2D eigenvalue weighted by atomic mass is 10.0. The van der Waals surface area contributed by atoms with E-state index in [-0.39, 0.29) is 24.9 Å². The van der Waals surface area contributed by atoms with E-state index in [1.54, 1.807) is 31.4 Å². The van der Waals surface area contributed by atoms with Crippen LogP contribution in [-0.4, -0.2) is 93.9 Å². The number of carbonyl (C=O) groups excluding carboxylic acids is 2. The van der Waals surface area contributed by atoms with Crippen LogP contribution in [0, 0.1) is 5.82 Å². The molecule has 2 aromatic carbocycles. The Kier molecular flexibility index (Phi) is 9.43. The van der Waals surface area contributed by atoms with Gasteiger partial charge in [-0.15, -0.1) is 10.2 Å². The molecule has 0 spiro atoms. The molecular formula is C28H36FN7O4. The summed E-state index contributed by atoms with van der Waals surface area (Å²) in [5.41, 5.74) is 0.677. The second-order valence-electron chi connectivity index (χ2n) is 10.6. The largest absolute Gasteiger partial charge is 0.497 e. The van der Waals surface area contributed by atoms with Crippen molar-refractivity contribution in [2.45, 2.75) is 38.9 Å². The number of benzene rings is 2. The number of rotatable bonds is 10. The number of morpholine rings is 1. The Labute approximate surface area is 233 Å². The summed E-state index contributed by atoms with van der Waals surface area (Å²) in [5, 5.41) is 15.5. The lowest BCUT2D eigenvalue weighted by Crippen LogP contribution is -2.52. The molecule has 0 bridgehead atoms. The van der Waals surface area contributed by atoms with Gasteiger partial charge in [-0.1, -0.05) is 12.1 Å². The Morgan fingerprint density at radius 1 is 1.10 bits per heavy atom. The molecule has 1 fully saturated rings. The summed E-state index contributed by atoms with van der Waals surface area (Å²) in [7, 11) is 1.58. The predicted molar refractivity (Wildman–Crippen MR) is 146 cm³/mol. The van der Waals surface area contributed by atoms with E-state index in [0.29, 0.717) is 36.9 Å². The summed E-state index contributed by atoms with van der Waals surface area (Å²) in [6, 6.07) is 11.8. The highest BCUT2D eigenvalue weighted by Gasteiger charge is 2.34. The van der Waals surface area contributed by atoms with E-state index >= 15 is 0 Å². The molecular weight excluding hydrogens is 517 g/mol. The molecule has 4 rings (SSSR count). The first-order valence-electron chi connectivity index (χ1n) is 13.2. The number of hydrogen-bond donors (Lipinski definition) is 1. The van der Waals surface area contributed by atoms with Crippen molar-refractivity contribution in [1.29, 1.82) is 0 Å². The zero-order chi connectivity index (χ0) is 28.7. The zero-order valence-electron chi connectivity index (χ0n) is 23.3. The van der Waals surface area contributed by atoms with Crippen LogP contribution in [0.5, 0.6) is 5.75 Å². The second kappa shape index (κ2) is 13.0. The lowest BCUT2D eigenvalue weighted by Gasteiger charge is -2.35. The molecule has 0 aliphatic carbocycles. The van der Waals surface area contributed by atoms with Gasteiger partial charge in [-0.2, -0.15) is 4.80 Å². The Hall–Kier alpha value is -3.90. The quantitative estimate of drug-likeness (QED) is 0.407. The third-order valence-corrected chi connectivity index (χ3v) is 6.40.